The molecule has 1 aromatic rings. The topological polar surface area (TPSA) is 72.5 Å². The Morgan fingerprint density at radius 3 is 2.31 bits per heavy atom. The molecule has 1 rings (SSSR count). The van der Waals surface area contributed by atoms with Crippen LogP contribution in [0.3, 0.4) is 0 Å². The molecule has 0 aliphatic rings. The first-order valence-corrected chi connectivity index (χ1v) is 5.61. The van der Waals surface area contributed by atoms with Gasteiger partial charge in [0.1, 0.15) is 5.84 Å². The van der Waals surface area contributed by atoms with Gasteiger partial charge in [-0.15, -0.1) is 4.40 Å². The number of amidine groups is 1. The Morgan fingerprint density at radius 2 is 1.85 bits per heavy atom. The van der Waals surface area contributed by atoms with Crippen molar-refractivity contribution in [3.05, 3.63) is 35.9 Å². The summed E-state index contributed by atoms with van der Waals surface area (Å²) in [6.45, 7) is 0. The number of rotatable bonds is 2. The van der Waals surface area contributed by atoms with Gasteiger partial charge in [-0.1, -0.05) is 30.3 Å². The summed E-state index contributed by atoms with van der Waals surface area (Å²) < 4.78 is 24.1. The maximum atomic E-state index is 10.5. The van der Waals surface area contributed by atoms with Crippen molar-refractivity contribution < 1.29 is 8.42 Å². The molecular weight excluding hydrogens is 212 g/mol. The van der Waals surface area contributed by atoms with E-state index in [0.29, 0.717) is 5.56 Å². The van der Waals surface area contributed by atoms with Gasteiger partial charge in [0.15, 0.2) is 0 Å². The molecule has 0 heterocycles. The van der Waals surface area contributed by atoms with Crippen molar-refractivity contribution in [2.45, 2.75) is 0 Å². The van der Waals surface area contributed by atoms with E-state index < -0.39 is 9.24 Å². The minimum Gasteiger partial charge on any atom is -0.382 e. The molecule has 0 amide bonds. The van der Waals surface area contributed by atoms with Crippen LogP contribution in [0.4, 0.5) is 0 Å². The molecule has 6 heteroatoms. The molecule has 0 aliphatic carbocycles. The number of nitrogens with zero attached hydrogens (tertiary/aromatic N) is 1. The van der Waals surface area contributed by atoms with Crippen LogP contribution in [0.15, 0.2) is 34.7 Å². The van der Waals surface area contributed by atoms with Gasteiger partial charge < -0.3 is 5.73 Å². The predicted molar refractivity (Wildman–Crippen MR) is 51.9 cm³/mol. The second kappa shape index (κ2) is 3.76. The van der Waals surface area contributed by atoms with Crippen LogP contribution in [0.5, 0.6) is 0 Å². The molecule has 0 radical (unpaired) electrons. The monoisotopic (exact) mass is 218 g/mol. The fraction of sp³-hybridized carbons (Fsp3) is 0. The third kappa shape index (κ3) is 3.43. The zero-order chi connectivity index (χ0) is 9.90. The Bertz CT molecular complexity index is 413. The van der Waals surface area contributed by atoms with E-state index in [0.717, 1.165) is 0 Å². The van der Waals surface area contributed by atoms with Crippen molar-refractivity contribution in [2.24, 2.45) is 10.1 Å². The molecule has 0 atom stereocenters. The van der Waals surface area contributed by atoms with Gasteiger partial charge >= 0.3 is 9.24 Å². The van der Waals surface area contributed by atoms with Crippen LogP contribution in [0, 0.1) is 0 Å². The first kappa shape index (κ1) is 10.0. The third-order valence-corrected chi connectivity index (χ3v) is 1.90. The minimum absolute atomic E-state index is 0.115. The van der Waals surface area contributed by atoms with Gasteiger partial charge in [0.25, 0.3) is 0 Å². The Morgan fingerprint density at radius 1 is 1.31 bits per heavy atom. The molecule has 0 fully saturated rings. The lowest BCUT2D eigenvalue weighted by Crippen LogP contribution is -2.14. The molecule has 1 aromatic carbocycles. The van der Waals surface area contributed by atoms with Crippen LogP contribution in [-0.4, -0.2) is 14.3 Å². The normalized spacial score (nSPS) is 12.8. The molecule has 0 aliphatic heterocycles. The van der Waals surface area contributed by atoms with Crippen LogP contribution in [-0.2, 0) is 9.24 Å². The highest BCUT2D eigenvalue weighted by Gasteiger charge is 2.04. The summed E-state index contributed by atoms with van der Waals surface area (Å²) in [5.74, 6) is -0.115. The van der Waals surface area contributed by atoms with E-state index in [1.807, 2.05) is 0 Å². The second-order valence-corrected chi connectivity index (χ2v) is 4.43. The highest BCUT2D eigenvalue weighted by Crippen LogP contribution is 2.03. The number of hydrogen-bond donors (Lipinski definition) is 1. The van der Waals surface area contributed by atoms with E-state index in [1.165, 1.54) is 0 Å². The smallest absolute Gasteiger partial charge is 0.341 e. The van der Waals surface area contributed by atoms with Crippen LogP contribution in [0.1, 0.15) is 5.56 Å². The summed E-state index contributed by atoms with van der Waals surface area (Å²) in [7, 11) is 0.946. The largest absolute Gasteiger partial charge is 0.382 e. The Kier molecular flexibility index (Phi) is 2.90. The van der Waals surface area contributed by atoms with Gasteiger partial charge in [-0.2, -0.15) is 8.42 Å². The quantitative estimate of drug-likeness (QED) is 0.455. The number of halogens is 1. The first-order chi connectivity index (χ1) is 5.99. The molecule has 0 bridgehead atoms. The summed E-state index contributed by atoms with van der Waals surface area (Å²) >= 11 is 0. The van der Waals surface area contributed by atoms with Gasteiger partial charge in [-0.3, -0.25) is 0 Å². The van der Waals surface area contributed by atoms with E-state index >= 15 is 0 Å². The standard InChI is InChI=1S/C7H7ClN2O2S/c8-13(11,12)10-7(9)6-4-2-1-3-5-6/h1-5H,(H2,9,10). The summed E-state index contributed by atoms with van der Waals surface area (Å²) in [6, 6.07) is 8.50. The Labute approximate surface area is 80.6 Å². The highest BCUT2D eigenvalue weighted by atomic mass is 35.7. The lowest BCUT2D eigenvalue weighted by atomic mass is 10.2. The summed E-state index contributed by atoms with van der Waals surface area (Å²) in [5.41, 5.74) is 5.89. The van der Waals surface area contributed by atoms with Gasteiger partial charge in [-0.05, 0) is 0 Å². The van der Waals surface area contributed by atoms with Crippen LogP contribution >= 0.6 is 10.7 Å². The second-order valence-electron chi connectivity index (χ2n) is 2.25. The Balaban J connectivity index is 3.06. The van der Waals surface area contributed by atoms with Crippen molar-refractivity contribution in [1.29, 1.82) is 0 Å². The fourth-order valence-electron chi connectivity index (χ4n) is 0.779. The van der Waals surface area contributed by atoms with E-state index in [1.54, 1.807) is 30.3 Å². The van der Waals surface area contributed by atoms with E-state index in [-0.39, 0.29) is 5.84 Å². The molecule has 2 N–H and O–H groups in total. The van der Waals surface area contributed by atoms with Crippen molar-refractivity contribution >= 4 is 25.8 Å². The molecule has 0 spiro atoms. The lowest BCUT2D eigenvalue weighted by Gasteiger charge is -1.96. The molecule has 70 valence electrons. The average molecular weight is 219 g/mol. The van der Waals surface area contributed by atoms with E-state index in [9.17, 15) is 8.42 Å². The summed E-state index contributed by atoms with van der Waals surface area (Å²) in [5, 5.41) is 0. The molecular formula is C7H7ClN2O2S. The molecule has 0 saturated carbocycles. The SMILES string of the molecule is N/C(=N\S(=O)(=O)Cl)c1ccccc1. The van der Waals surface area contributed by atoms with Crippen LogP contribution in [0.25, 0.3) is 0 Å². The van der Waals surface area contributed by atoms with Crippen molar-refractivity contribution in [2.75, 3.05) is 0 Å². The van der Waals surface area contributed by atoms with E-state index in [4.69, 9.17) is 16.4 Å². The van der Waals surface area contributed by atoms with Crippen molar-refractivity contribution in [3.8, 4) is 0 Å². The van der Waals surface area contributed by atoms with E-state index in [2.05, 4.69) is 4.40 Å². The molecule has 4 nitrogen and oxygen atoms in total. The first-order valence-electron chi connectivity index (χ1n) is 3.34. The maximum absolute atomic E-state index is 10.5. The highest BCUT2D eigenvalue weighted by molar-refractivity contribution is 8.12. The van der Waals surface area contributed by atoms with Gasteiger partial charge in [0.05, 0.1) is 0 Å². The van der Waals surface area contributed by atoms with Crippen LogP contribution < -0.4 is 5.73 Å². The minimum atomic E-state index is -3.94. The van der Waals surface area contributed by atoms with Crippen LogP contribution in [0.2, 0.25) is 0 Å². The third-order valence-electron chi connectivity index (χ3n) is 1.28. The average Bonchev–Trinajstić information content (AvgIpc) is 2.03. The number of nitrogens with two attached hydrogens (primary N) is 1. The van der Waals surface area contributed by atoms with Gasteiger partial charge in [-0.25, -0.2) is 0 Å². The summed E-state index contributed by atoms with van der Waals surface area (Å²) in [6.07, 6.45) is 0. The van der Waals surface area contributed by atoms with Gasteiger partial charge in [0, 0.05) is 16.2 Å². The molecule has 0 saturated heterocycles. The van der Waals surface area contributed by atoms with Crippen molar-refractivity contribution in [3.63, 3.8) is 0 Å². The lowest BCUT2D eigenvalue weighted by molar-refractivity contribution is 0.611. The summed E-state index contributed by atoms with van der Waals surface area (Å²) in [4.78, 5) is 0. The Hall–Kier alpha value is -1.07. The predicted octanol–water partition coefficient (Wildman–Crippen LogP) is 0.876. The van der Waals surface area contributed by atoms with Crippen molar-refractivity contribution in [1.82, 2.24) is 0 Å². The zero-order valence-electron chi connectivity index (χ0n) is 6.51. The fourth-order valence-corrected chi connectivity index (χ4v) is 1.34. The number of benzene rings is 1. The molecule has 0 unspecified atom stereocenters. The number of hydrogen-bond acceptors (Lipinski definition) is 2. The maximum Gasteiger partial charge on any atom is 0.341 e. The zero-order valence-corrected chi connectivity index (χ0v) is 8.09. The molecule has 0 aromatic heterocycles. The molecule has 13 heavy (non-hydrogen) atoms. The van der Waals surface area contributed by atoms with Gasteiger partial charge in [0.2, 0.25) is 0 Å².